The maximum atomic E-state index is 10.6. The van der Waals surface area contributed by atoms with Crippen LogP contribution in [0.2, 0.25) is 0 Å². The molecule has 1 N–H and O–H groups in total. The highest BCUT2D eigenvalue weighted by Crippen LogP contribution is 2.14. The molecule has 0 spiro atoms. The van der Waals surface area contributed by atoms with Gasteiger partial charge in [0.05, 0.1) is 6.04 Å². The maximum absolute atomic E-state index is 10.6. The summed E-state index contributed by atoms with van der Waals surface area (Å²) in [6, 6.07) is -0.0764. The molecule has 0 aromatic carbocycles. The Labute approximate surface area is 57.0 Å². The largest absolute Gasteiger partial charge is 0.360 e. The van der Waals surface area contributed by atoms with Gasteiger partial charge >= 0.3 is 0 Å². The van der Waals surface area contributed by atoms with Gasteiger partial charge < -0.3 is 5.32 Å². The van der Waals surface area contributed by atoms with Gasteiger partial charge in [0.15, 0.2) is 0 Å². The molecule has 1 aliphatic rings. The SMILES string of the molecule is C[C@H]1NC(=S)SC1=O. The molecule has 1 aliphatic heterocycles. The number of carbonyl (C=O) groups excluding carboxylic acids is 1. The van der Waals surface area contributed by atoms with Crippen LogP contribution >= 0.6 is 24.0 Å². The smallest absolute Gasteiger partial charge is 0.217 e. The molecule has 0 aromatic heterocycles. The van der Waals surface area contributed by atoms with Crippen molar-refractivity contribution in [1.29, 1.82) is 0 Å². The van der Waals surface area contributed by atoms with Gasteiger partial charge in [0.2, 0.25) is 5.12 Å². The van der Waals surface area contributed by atoms with Gasteiger partial charge in [0.1, 0.15) is 4.32 Å². The van der Waals surface area contributed by atoms with E-state index in [0.717, 1.165) is 11.8 Å². The van der Waals surface area contributed by atoms with Gasteiger partial charge in [-0.2, -0.15) is 0 Å². The van der Waals surface area contributed by atoms with Crippen LogP contribution in [0.4, 0.5) is 0 Å². The second-order valence-electron chi connectivity index (χ2n) is 1.57. The van der Waals surface area contributed by atoms with E-state index in [9.17, 15) is 4.79 Å². The number of thiocarbonyl (C=S) groups is 1. The van der Waals surface area contributed by atoms with Crippen LogP contribution in [-0.2, 0) is 4.79 Å². The highest BCUT2D eigenvalue weighted by Gasteiger charge is 2.23. The third kappa shape index (κ3) is 1.00. The third-order valence-electron chi connectivity index (χ3n) is 0.881. The highest BCUT2D eigenvalue weighted by atomic mass is 32.2. The Balaban J connectivity index is 2.64. The Morgan fingerprint density at radius 2 is 2.50 bits per heavy atom. The quantitative estimate of drug-likeness (QED) is 0.506. The predicted molar refractivity (Wildman–Crippen MR) is 37.8 cm³/mol. The summed E-state index contributed by atoms with van der Waals surface area (Å²) in [5.41, 5.74) is 0. The molecule has 1 atom stereocenters. The molecule has 4 heteroatoms. The van der Waals surface area contributed by atoms with Crippen molar-refractivity contribution in [2.24, 2.45) is 0 Å². The minimum Gasteiger partial charge on any atom is -0.360 e. The zero-order chi connectivity index (χ0) is 6.15. The second-order valence-corrected chi connectivity index (χ2v) is 3.26. The summed E-state index contributed by atoms with van der Waals surface area (Å²) in [5, 5.41) is 2.93. The third-order valence-corrected chi connectivity index (χ3v) is 2.11. The minimum absolute atomic E-state index is 0.0764. The summed E-state index contributed by atoms with van der Waals surface area (Å²) >= 11 is 5.81. The molecule has 44 valence electrons. The van der Waals surface area contributed by atoms with E-state index < -0.39 is 0 Å². The van der Waals surface area contributed by atoms with Crippen LogP contribution in [0.3, 0.4) is 0 Å². The number of hydrogen-bond acceptors (Lipinski definition) is 3. The number of hydrogen-bond donors (Lipinski definition) is 1. The normalized spacial score (nSPS) is 28.4. The molecule has 0 bridgehead atoms. The first-order valence-electron chi connectivity index (χ1n) is 2.22. The molecule has 1 saturated heterocycles. The van der Waals surface area contributed by atoms with Gasteiger partial charge in [-0.05, 0) is 18.7 Å². The molecule has 0 radical (unpaired) electrons. The fraction of sp³-hybridized carbons (Fsp3) is 0.500. The standard InChI is InChI=1S/C4H5NOS2/c1-2-3(6)8-4(7)5-2/h2H,1H3,(H,5,7)/t2-/m1/s1. The van der Waals surface area contributed by atoms with Crippen LogP contribution in [-0.4, -0.2) is 15.5 Å². The lowest BCUT2D eigenvalue weighted by Gasteiger charge is -1.94. The van der Waals surface area contributed by atoms with Crippen molar-refractivity contribution in [3.63, 3.8) is 0 Å². The lowest BCUT2D eigenvalue weighted by Crippen LogP contribution is -2.24. The summed E-state index contributed by atoms with van der Waals surface area (Å²) in [4.78, 5) is 10.6. The molecule has 1 heterocycles. The Bertz CT molecular complexity index is 145. The number of carbonyl (C=O) groups is 1. The van der Waals surface area contributed by atoms with Crippen molar-refractivity contribution >= 4 is 33.4 Å². The van der Waals surface area contributed by atoms with Crippen molar-refractivity contribution in [3.8, 4) is 0 Å². The molecule has 0 unspecified atom stereocenters. The summed E-state index contributed by atoms with van der Waals surface area (Å²) < 4.78 is 0.600. The van der Waals surface area contributed by atoms with Gasteiger partial charge in [-0.3, -0.25) is 4.79 Å². The van der Waals surface area contributed by atoms with Crippen LogP contribution in [0.1, 0.15) is 6.92 Å². The molecular weight excluding hydrogens is 142 g/mol. The minimum atomic E-state index is -0.0764. The molecule has 0 saturated carbocycles. The Morgan fingerprint density at radius 1 is 1.88 bits per heavy atom. The van der Waals surface area contributed by atoms with E-state index >= 15 is 0 Å². The molecule has 0 aliphatic carbocycles. The Hall–Kier alpha value is -0.0900. The van der Waals surface area contributed by atoms with E-state index in [4.69, 9.17) is 12.2 Å². The van der Waals surface area contributed by atoms with Crippen molar-refractivity contribution in [1.82, 2.24) is 5.32 Å². The zero-order valence-electron chi connectivity index (χ0n) is 4.30. The molecule has 2 nitrogen and oxygen atoms in total. The van der Waals surface area contributed by atoms with E-state index in [0.29, 0.717) is 4.32 Å². The van der Waals surface area contributed by atoms with Gasteiger partial charge in [0.25, 0.3) is 0 Å². The number of nitrogens with one attached hydrogen (secondary N) is 1. The van der Waals surface area contributed by atoms with E-state index in [2.05, 4.69) is 5.32 Å². The molecule has 8 heavy (non-hydrogen) atoms. The molecule has 1 fully saturated rings. The fourth-order valence-electron chi connectivity index (χ4n) is 0.445. The summed E-state index contributed by atoms with van der Waals surface area (Å²) in [6.45, 7) is 1.80. The van der Waals surface area contributed by atoms with Gasteiger partial charge in [-0.1, -0.05) is 12.2 Å². The van der Waals surface area contributed by atoms with Crippen LogP contribution in [0.15, 0.2) is 0 Å². The number of thioether (sulfide) groups is 1. The molecule has 0 amide bonds. The monoisotopic (exact) mass is 147 g/mol. The van der Waals surface area contributed by atoms with Crippen LogP contribution < -0.4 is 5.32 Å². The molecular formula is C4H5NOS2. The average molecular weight is 147 g/mol. The van der Waals surface area contributed by atoms with E-state index in [-0.39, 0.29) is 11.2 Å². The first-order chi connectivity index (χ1) is 3.70. The van der Waals surface area contributed by atoms with Crippen LogP contribution in [0.5, 0.6) is 0 Å². The molecule has 0 aromatic rings. The average Bonchev–Trinajstić information content (AvgIpc) is 1.85. The lowest BCUT2D eigenvalue weighted by molar-refractivity contribution is -0.111. The van der Waals surface area contributed by atoms with Gasteiger partial charge in [-0.25, -0.2) is 0 Å². The van der Waals surface area contributed by atoms with Gasteiger partial charge in [-0.15, -0.1) is 0 Å². The van der Waals surface area contributed by atoms with E-state index in [1.165, 1.54) is 0 Å². The van der Waals surface area contributed by atoms with Crippen molar-refractivity contribution < 1.29 is 4.79 Å². The lowest BCUT2D eigenvalue weighted by atomic mass is 10.4. The highest BCUT2D eigenvalue weighted by molar-refractivity contribution is 8.33. The topological polar surface area (TPSA) is 29.1 Å². The van der Waals surface area contributed by atoms with Crippen molar-refractivity contribution in [2.45, 2.75) is 13.0 Å². The molecule has 1 rings (SSSR count). The predicted octanol–water partition coefficient (Wildman–Crippen LogP) is 0.523. The van der Waals surface area contributed by atoms with Gasteiger partial charge in [0, 0.05) is 0 Å². The Morgan fingerprint density at radius 3 is 2.62 bits per heavy atom. The second kappa shape index (κ2) is 2.03. The zero-order valence-corrected chi connectivity index (χ0v) is 5.94. The first-order valence-corrected chi connectivity index (χ1v) is 3.45. The Kier molecular flexibility index (Phi) is 1.53. The summed E-state index contributed by atoms with van der Waals surface area (Å²) in [7, 11) is 0. The van der Waals surface area contributed by atoms with E-state index in [1.807, 2.05) is 0 Å². The first kappa shape index (κ1) is 6.04. The number of rotatable bonds is 0. The van der Waals surface area contributed by atoms with Crippen LogP contribution in [0.25, 0.3) is 0 Å². The maximum Gasteiger partial charge on any atom is 0.217 e. The summed E-state index contributed by atoms with van der Waals surface area (Å²) in [5.74, 6) is 0. The van der Waals surface area contributed by atoms with E-state index in [1.54, 1.807) is 6.92 Å². The summed E-state index contributed by atoms with van der Waals surface area (Å²) in [6.07, 6.45) is 0. The fourth-order valence-corrected chi connectivity index (χ4v) is 1.52. The van der Waals surface area contributed by atoms with Crippen LogP contribution in [0, 0.1) is 0 Å². The van der Waals surface area contributed by atoms with Crippen molar-refractivity contribution in [3.05, 3.63) is 0 Å². The van der Waals surface area contributed by atoms with Crippen molar-refractivity contribution in [2.75, 3.05) is 0 Å².